The lowest BCUT2D eigenvalue weighted by molar-refractivity contribution is 0.0786. The van der Waals surface area contributed by atoms with Crippen LogP contribution in [0.3, 0.4) is 0 Å². The summed E-state index contributed by atoms with van der Waals surface area (Å²) in [5.74, 6) is -0.255. The molecule has 1 amide bonds. The molecule has 0 atom stereocenters. The average Bonchev–Trinajstić information content (AvgIpc) is 2.82. The SMILES string of the molecule is Cc1ccc(C(=O)N(C)Cc2ccc(Br)s2)cc1S(N)(=O)=O. The highest BCUT2D eigenvalue weighted by Gasteiger charge is 2.18. The number of nitrogens with zero attached hydrogens (tertiary/aromatic N) is 1. The van der Waals surface area contributed by atoms with Crippen LogP contribution in [0.15, 0.2) is 39.0 Å². The molecule has 1 aromatic carbocycles. The van der Waals surface area contributed by atoms with Crippen LogP contribution in [0.2, 0.25) is 0 Å². The fourth-order valence-corrected chi connectivity index (χ4v) is 4.35. The minimum absolute atomic E-state index is 0.0226. The van der Waals surface area contributed by atoms with Crippen molar-refractivity contribution in [3.63, 3.8) is 0 Å². The molecule has 2 rings (SSSR count). The van der Waals surface area contributed by atoms with Gasteiger partial charge in [-0.15, -0.1) is 11.3 Å². The Labute approximate surface area is 141 Å². The number of benzene rings is 1. The first-order valence-electron chi connectivity index (χ1n) is 6.31. The van der Waals surface area contributed by atoms with Gasteiger partial charge in [-0.3, -0.25) is 4.79 Å². The highest BCUT2D eigenvalue weighted by atomic mass is 79.9. The first kappa shape index (κ1) is 17.1. The molecular formula is C14H15BrN2O3S2. The maximum atomic E-state index is 12.4. The van der Waals surface area contributed by atoms with Crippen LogP contribution >= 0.6 is 27.3 Å². The second kappa shape index (κ2) is 6.49. The van der Waals surface area contributed by atoms with Crippen LogP contribution in [0, 0.1) is 6.92 Å². The monoisotopic (exact) mass is 402 g/mol. The number of hydrogen-bond donors (Lipinski definition) is 1. The molecular weight excluding hydrogens is 388 g/mol. The predicted octanol–water partition coefficient (Wildman–Crippen LogP) is 2.74. The van der Waals surface area contributed by atoms with Crippen molar-refractivity contribution in [1.29, 1.82) is 0 Å². The van der Waals surface area contributed by atoms with Crippen molar-refractivity contribution in [2.75, 3.05) is 7.05 Å². The number of aryl methyl sites for hydroxylation is 1. The Balaban J connectivity index is 2.25. The molecule has 0 saturated heterocycles. The van der Waals surface area contributed by atoms with E-state index in [1.54, 1.807) is 37.4 Å². The Morgan fingerprint density at radius 2 is 2.00 bits per heavy atom. The third-order valence-corrected chi connectivity index (χ3v) is 5.77. The van der Waals surface area contributed by atoms with Gasteiger partial charge in [-0.05, 0) is 52.7 Å². The van der Waals surface area contributed by atoms with E-state index in [1.807, 2.05) is 12.1 Å². The zero-order valence-corrected chi connectivity index (χ0v) is 15.3. The van der Waals surface area contributed by atoms with E-state index in [2.05, 4.69) is 15.9 Å². The van der Waals surface area contributed by atoms with Crippen LogP contribution < -0.4 is 5.14 Å². The lowest BCUT2D eigenvalue weighted by Crippen LogP contribution is -2.26. The van der Waals surface area contributed by atoms with Gasteiger partial charge < -0.3 is 4.90 Å². The molecule has 0 aliphatic heterocycles. The number of primary sulfonamides is 1. The van der Waals surface area contributed by atoms with Crippen LogP contribution in [0.25, 0.3) is 0 Å². The van der Waals surface area contributed by atoms with Gasteiger partial charge in [-0.2, -0.15) is 0 Å². The highest BCUT2D eigenvalue weighted by molar-refractivity contribution is 9.11. The van der Waals surface area contributed by atoms with Crippen molar-refractivity contribution in [1.82, 2.24) is 4.90 Å². The number of halogens is 1. The zero-order valence-electron chi connectivity index (χ0n) is 12.0. The lowest BCUT2D eigenvalue weighted by Gasteiger charge is -2.17. The van der Waals surface area contributed by atoms with E-state index in [9.17, 15) is 13.2 Å². The molecule has 118 valence electrons. The van der Waals surface area contributed by atoms with Crippen LogP contribution in [0.4, 0.5) is 0 Å². The molecule has 0 bridgehead atoms. The first-order valence-corrected chi connectivity index (χ1v) is 9.47. The van der Waals surface area contributed by atoms with Crippen molar-refractivity contribution in [3.8, 4) is 0 Å². The molecule has 0 fully saturated rings. The molecule has 0 spiro atoms. The Bertz CT molecular complexity index is 815. The van der Waals surface area contributed by atoms with Gasteiger partial charge in [0.2, 0.25) is 10.0 Å². The van der Waals surface area contributed by atoms with Gasteiger partial charge in [-0.25, -0.2) is 13.6 Å². The smallest absolute Gasteiger partial charge is 0.253 e. The second-order valence-electron chi connectivity index (χ2n) is 4.89. The molecule has 0 saturated carbocycles. The summed E-state index contributed by atoms with van der Waals surface area (Å²) in [6, 6.07) is 8.37. The van der Waals surface area contributed by atoms with E-state index in [0.717, 1.165) is 8.66 Å². The van der Waals surface area contributed by atoms with E-state index < -0.39 is 10.0 Å². The van der Waals surface area contributed by atoms with Gasteiger partial charge in [-0.1, -0.05) is 6.07 Å². The first-order chi connectivity index (χ1) is 10.2. The van der Waals surface area contributed by atoms with Crippen molar-refractivity contribution in [3.05, 3.63) is 50.1 Å². The molecule has 2 aromatic rings. The van der Waals surface area contributed by atoms with Crippen LogP contribution in [-0.4, -0.2) is 26.3 Å². The Morgan fingerprint density at radius 1 is 1.32 bits per heavy atom. The summed E-state index contributed by atoms with van der Waals surface area (Å²) in [7, 11) is -2.17. The quantitative estimate of drug-likeness (QED) is 0.853. The molecule has 1 aromatic heterocycles. The number of nitrogens with two attached hydrogens (primary N) is 1. The highest BCUT2D eigenvalue weighted by Crippen LogP contribution is 2.24. The number of thiophene rings is 1. The van der Waals surface area contributed by atoms with E-state index in [1.165, 1.54) is 11.0 Å². The molecule has 2 N–H and O–H groups in total. The van der Waals surface area contributed by atoms with E-state index in [-0.39, 0.29) is 10.8 Å². The average molecular weight is 403 g/mol. The molecule has 0 radical (unpaired) electrons. The van der Waals surface area contributed by atoms with Crippen molar-refractivity contribution < 1.29 is 13.2 Å². The molecule has 0 aliphatic carbocycles. The maximum Gasteiger partial charge on any atom is 0.253 e. The summed E-state index contributed by atoms with van der Waals surface area (Å²) in [5.41, 5.74) is 0.816. The number of amides is 1. The molecule has 0 aliphatic rings. The van der Waals surface area contributed by atoms with Gasteiger partial charge in [0, 0.05) is 17.5 Å². The maximum absolute atomic E-state index is 12.4. The number of carbonyl (C=O) groups excluding carboxylic acids is 1. The predicted molar refractivity (Wildman–Crippen MR) is 90.4 cm³/mol. The van der Waals surface area contributed by atoms with Crippen LogP contribution in [-0.2, 0) is 16.6 Å². The summed E-state index contributed by atoms with van der Waals surface area (Å²) < 4.78 is 24.1. The van der Waals surface area contributed by atoms with E-state index in [4.69, 9.17) is 5.14 Å². The fraction of sp³-hybridized carbons (Fsp3) is 0.214. The third-order valence-electron chi connectivity index (χ3n) is 3.11. The van der Waals surface area contributed by atoms with E-state index in [0.29, 0.717) is 17.7 Å². The standard InChI is InChI=1S/C14H15BrN2O3S2/c1-9-3-4-10(7-12(9)22(16,19)20)14(18)17(2)8-11-5-6-13(15)21-11/h3-7H,8H2,1-2H3,(H2,16,19,20). The summed E-state index contributed by atoms with van der Waals surface area (Å²) in [4.78, 5) is 15.0. The molecule has 5 nitrogen and oxygen atoms in total. The zero-order chi connectivity index (χ0) is 16.5. The largest absolute Gasteiger partial charge is 0.337 e. The number of rotatable bonds is 4. The minimum Gasteiger partial charge on any atom is -0.337 e. The lowest BCUT2D eigenvalue weighted by atomic mass is 10.1. The molecule has 8 heteroatoms. The fourth-order valence-electron chi connectivity index (χ4n) is 2.00. The van der Waals surface area contributed by atoms with Crippen molar-refractivity contribution >= 4 is 43.2 Å². The van der Waals surface area contributed by atoms with Gasteiger partial charge in [0.1, 0.15) is 0 Å². The van der Waals surface area contributed by atoms with Gasteiger partial charge in [0.05, 0.1) is 15.2 Å². The summed E-state index contributed by atoms with van der Waals surface area (Å²) in [5, 5.41) is 5.17. The third kappa shape index (κ3) is 3.95. The molecule has 0 unspecified atom stereocenters. The summed E-state index contributed by atoms with van der Waals surface area (Å²) >= 11 is 4.92. The Morgan fingerprint density at radius 3 is 2.55 bits per heavy atom. The topological polar surface area (TPSA) is 80.5 Å². The van der Waals surface area contributed by atoms with Crippen LogP contribution in [0.1, 0.15) is 20.8 Å². The summed E-state index contributed by atoms with van der Waals surface area (Å²) in [6.45, 7) is 2.09. The Hall–Kier alpha value is -1.22. The van der Waals surface area contributed by atoms with Gasteiger partial charge in [0.15, 0.2) is 0 Å². The van der Waals surface area contributed by atoms with Crippen molar-refractivity contribution in [2.24, 2.45) is 5.14 Å². The van der Waals surface area contributed by atoms with Gasteiger partial charge >= 0.3 is 0 Å². The second-order valence-corrected chi connectivity index (χ2v) is 8.97. The molecule has 22 heavy (non-hydrogen) atoms. The van der Waals surface area contributed by atoms with Gasteiger partial charge in [0.25, 0.3) is 5.91 Å². The van der Waals surface area contributed by atoms with Crippen LogP contribution in [0.5, 0.6) is 0 Å². The summed E-state index contributed by atoms with van der Waals surface area (Å²) in [6.07, 6.45) is 0. The Kier molecular flexibility index (Phi) is 5.06. The minimum atomic E-state index is -3.85. The number of hydrogen-bond acceptors (Lipinski definition) is 4. The number of sulfonamides is 1. The van der Waals surface area contributed by atoms with E-state index >= 15 is 0 Å². The molecule has 1 heterocycles. The van der Waals surface area contributed by atoms with Crippen molar-refractivity contribution in [2.45, 2.75) is 18.4 Å². The number of carbonyl (C=O) groups is 1. The normalized spacial score (nSPS) is 11.5.